The Bertz CT molecular complexity index is 641. The second-order valence-corrected chi connectivity index (χ2v) is 5.07. The second kappa shape index (κ2) is 5.32. The third-order valence-electron chi connectivity index (χ3n) is 2.69. The first-order valence-corrected chi connectivity index (χ1v) is 6.42. The summed E-state index contributed by atoms with van der Waals surface area (Å²) in [4.78, 5) is 10.9. The Morgan fingerprint density at radius 3 is 2.58 bits per heavy atom. The zero-order chi connectivity index (χ0) is 14.0. The van der Waals surface area contributed by atoms with Crippen LogP contribution in [-0.4, -0.2) is 11.1 Å². The van der Waals surface area contributed by atoms with Crippen LogP contribution >= 0.6 is 15.9 Å². The van der Waals surface area contributed by atoms with Crippen molar-refractivity contribution < 1.29 is 9.90 Å². The van der Waals surface area contributed by atoms with Crippen LogP contribution in [0, 0.1) is 6.92 Å². The Hall–Kier alpha value is -2.01. The number of hydrogen-bond donors (Lipinski definition) is 3. The summed E-state index contributed by atoms with van der Waals surface area (Å²) in [5, 5.41) is 12.1. The minimum absolute atomic E-state index is 0.105. The molecule has 0 amide bonds. The molecule has 4 nitrogen and oxygen atoms in total. The van der Waals surface area contributed by atoms with E-state index in [-0.39, 0.29) is 11.3 Å². The molecule has 0 atom stereocenters. The lowest BCUT2D eigenvalue weighted by atomic mass is 10.1. The number of anilines is 3. The van der Waals surface area contributed by atoms with E-state index in [0.29, 0.717) is 0 Å². The Kier molecular flexibility index (Phi) is 3.76. The molecule has 0 aromatic heterocycles. The van der Waals surface area contributed by atoms with Crippen molar-refractivity contribution in [1.29, 1.82) is 0 Å². The Labute approximate surface area is 119 Å². The molecule has 0 aliphatic carbocycles. The standard InChI is InChI=1S/C14H13BrN2O2/c1-8-2-5-13(11(15)6-8)17-9-3-4-10(14(18)19)12(16)7-9/h2-7,17H,16H2,1H3,(H,18,19). The van der Waals surface area contributed by atoms with Crippen molar-refractivity contribution in [2.24, 2.45) is 0 Å². The van der Waals surface area contributed by atoms with Crippen molar-refractivity contribution in [3.8, 4) is 0 Å². The van der Waals surface area contributed by atoms with Crippen LogP contribution in [0.15, 0.2) is 40.9 Å². The third kappa shape index (κ3) is 3.06. The minimum Gasteiger partial charge on any atom is -0.478 e. The summed E-state index contributed by atoms with van der Waals surface area (Å²) >= 11 is 3.47. The summed E-state index contributed by atoms with van der Waals surface area (Å²) < 4.78 is 0.938. The second-order valence-electron chi connectivity index (χ2n) is 4.22. The smallest absolute Gasteiger partial charge is 0.337 e. The molecule has 0 aliphatic heterocycles. The van der Waals surface area contributed by atoms with Crippen LogP contribution in [0.25, 0.3) is 0 Å². The van der Waals surface area contributed by atoms with E-state index in [1.807, 2.05) is 25.1 Å². The Balaban J connectivity index is 2.29. The fourth-order valence-corrected chi connectivity index (χ4v) is 2.30. The summed E-state index contributed by atoms with van der Waals surface area (Å²) in [6, 6.07) is 10.7. The number of nitrogen functional groups attached to an aromatic ring is 1. The fraction of sp³-hybridized carbons (Fsp3) is 0.0714. The SMILES string of the molecule is Cc1ccc(Nc2ccc(C(=O)O)c(N)c2)c(Br)c1. The molecule has 0 aliphatic rings. The van der Waals surface area contributed by atoms with Gasteiger partial charge in [-0.1, -0.05) is 6.07 Å². The summed E-state index contributed by atoms with van der Waals surface area (Å²) in [6.07, 6.45) is 0. The summed E-state index contributed by atoms with van der Waals surface area (Å²) in [5.74, 6) is -1.03. The molecule has 19 heavy (non-hydrogen) atoms. The average molecular weight is 321 g/mol. The van der Waals surface area contributed by atoms with E-state index in [1.54, 1.807) is 12.1 Å². The highest BCUT2D eigenvalue weighted by molar-refractivity contribution is 9.10. The van der Waals surface area contributed by atoms with Gasteiger partial charge in [-0.15, -0.1) is 0 Å². The van der Waals surface area contributed by atoms with Gasteiger partial charge >= 0.3 is 5.97 Å². The molecular formula is C14H13BrN2O2. The third-order valence-corrected chi connectivity index (χ3v) is 3.34. The quantitative estimate of drug-likeness (QED) is 0.752. The number of carboxylic acids is 1. The molecule has 2 aromatic carbocycles. The predicted molar refractivity (Wildman–Crippen MR) is 80.0 cm³/mol. The number of benzene rings is 2. The number of carboxylic acid groups (broad SMARTS) is 1. The van der Waals surface area contributed by atoms with Gasteiger partial charge in [0, 0.05) is 15.8 Å². The van der Waals surface area contributed by atoms with Crippen LogP contribution in [-0.2, 0) is 0 Å². The van der Waals surface area contributed by atoms with E-state index < -0.39 is 5.97 Å². The number of carbonyl (C=O) groups is 1. The van der Waals surface area contributed by atoms with Crippen LogP contribution < -0.4 is 11.1 Å². The average Bonchev–Trinajstić information content (AvgIpc) is 2.32. The predicted octanol–water partition coefficient (Wildman–Crippen LogP) is 3.78. The van der Waals surface area contributed by atoms with E-state index in [0.717, 1.165) is 21.4 Å². The van der Waals surface area contributed by atoms with Crippen molar-refractivity contribution in [3.05, 3.63) is 52.0 Å². The first kappa shape index (κ1) is 13.4. The maximum Gasteiger partial charge on any atom is 0.337 e. The monoisotopic (exact) mass is 320 g/mol. The van der Waals surface area contributed by atoms with Gasteiger partial charge in [-0.05, 0) is 58.7 Å². The van der Waals surface area contributed by atoms with Crippen LogP contribution in [0.2, 0.25) is 0 Å². The van der Waals surface area contributed by atoms with Gasteiger partial charge in [-0.2, -0.15) is 0 Å². The molecule has 0 spiro atoms. The van der Waals surface area contributed by atoms with Crippen molar-refractivity contribution >= 4 is 39.0 Å². The number of nitrogens with two attached hydrogens (primary N) is 1. The Morgan fingerprint density at radius 2 is 2.00 bits per heavy atom. The highest BCUT2D eigenvalue weighted by Crippen LogP contribution is 2.28. The van der Waals surface area contributed by atoms with Gasteiger partial charge in [-0.25, -0.2) is 4.79 Å². The maximum atomic E-state index is 10.9. The molecule has 0 unspecified atom stereocenters. The maximum absolute atomic E-state index is 10.9. The van der Waals surface area contributed by atoms with Gasteiger partial charge in [-0.3, -0.25) is 0 Å². The molecule has 0 fully saturated rings. The number of halogens is 1. The number of rotatable bonds is 3. The molecule has 98 valence electrons. The fourth-order valence-electron chi connectivity index (χ4n) is 1.71. The summed E-state index contributed by atoms with van der Waals surface area (Å²) in [7, 11) is 0. The van der Waals surface area contributed by atoms with Gasteiger partial charge in [0.1, 0.15) is 0 Å². The lowest BCUT2D eigenvalue weighted by Gasteiger charge is -2.10. The molecular weight excluding hydrogens is 308 g/mol. The van der Waals surface area contributed by atoms with Crippen molar-refractivity contribution in [2.75, 3.05) is 11.1 Å². The van der Waals surface area contributed by atoms with E-state index >= 15 is 0 Å². The van der Waals surface area contributed by atoms with E-state index in [9.17, 15) is 4.79 Å². The van der Waals surface area contributed by atoms with Crippen molar-refractivity contribution in [3.63, 3.8) is 0 Å². The van der Waals surface area contributed by atoms with Crippen molar-refractivity contribution in [1.82, 2.24) is 0 Å². The molecule has 0 radical (unpaired) electrons. The first-order valence-electron chi connectivity index (χ1n) is 5.63. The molecule has 2 rings (SSSR count). The molecule has 0 bridgehead atoms. The van der Waals surface area contributed by atoms with E-state index in [1.165, 1.54) is 6.07 Å². The van der Waals surface area contributed by atoms with Crippen LogP contribution in [0.5, 0.6) is 0 Å². The van der Waals surface area contributed by atoms with E-state index in [4.69, 9.17) is 10.8 Å². The highest BCUT2D eigenvalue weighted by Gasteiger charge is 2.08. The zero-order valence-electron chi connectivity index (χ0n) is 10.3. The molecule has 4 N–H and O–H groups in total. The van der Waals surface area contributed by atoms with Crippen LogP contribution in [0.4, 0.5) is 17.1 Å². The van der Waals surface area contributed by atoms with Crippen molar-refractivity contribution in [2.45, 2.75) is 6.92 Å². The van der Waals surface area contributed by atoms with Gasteiger partial charge in [0.05, 0.1) is 11.3 Å². The number of aromatic carboxylic acids is 1. The van der Waals surface area contributed by atoms with Crippen LogP contribution in [0.3, 0.4) is 0 Å². The molecule has 5 heteroatoms. The van der Waals surface area contributed by atoms with Gasteiger partial charge in [0.25, 0.3) is 0 Å². The minimum atomic E-state index is -1.03. The van der Waals surface area contributed by atoms with Gasteiger partial charge in [0.2, 0.25) is 0 Å². The molecule has 0 saturated carbocycles. The zero-order valence-corrected chi connectivity index (χ0v) is 11.9. The number of aryl methyl sites for hydroxylation is 1. The van der Waals surface area contributed by atoms with Gasteiger partial charge < -0.3 is 16.2 Å². The Morgan fingerprint density at radius 1 is 1.26 bits per heavy atom. The first-order chi connectivity index (χ1) is 8.97. The largest absolute Gasteiger partial charge is 0.478 e. The molecule has 0 heterocycles. The number of hydrogen-bond acceptors (Lipinski definition) is 3. The lowest BCUT2D eigenvalue weighted by Crippen LogP contribution is -2.03. The lowest BCUT2D eigenvalue weighted by molar-refractivity contribution is 0.0698. The number of nitrogens with one attached hydrogen (secondary N) is 1. The topological polar surface area (TPSA) is 75.3 Å². The van der Waals surface area contributed by atoms with E-state index in [2.05, 4.69) is 21.2 Å². The van der Waals surface area contributed by atoms with Crippen LogP contribution in [0.1, 0.15) is 15.9 Å². The normalized spacial score (nSPS) is 10.2. The summed E-state index contributed by atoms with van der Waals surface area (Å²) in [6.45, 7) is 2.01. The van der Waals surface area contributed by atoms with Gasteiger partial charge in [0.15, 0.2) is 0 Å². The highest BCUT2D eigenvalue weighted by atomic mass is 79.9. The molecule has 0 saturated heterocycles. The summed E-state index contributed by atoms with van der Waals surface area (Å²) in [5.41, 5.74) is 8.84. The molecule has 2 aromatic rings.